The Morgan fingerprint density at radius 3 is 2.80 bits per heavy atom. The molecule has 6 nitrogen and oxygen atoms in total. The molecule has 1 unspecified atom stereocenters. The molecular weight excluding hydrogens is 296 g/mol. The third kappa shape index (κ3) is 3.01. The molecule has 2 rings (SSSR count). The van der Waals surface area contributed by atoms with Crippen LogP contribution in [0.4, 0.5) is 0 Å². The molecule has 0 radical (unpaired) electrons. The van der Waals surface area contributed by atoms with E-state index in [0.29, 0.717) is 11.4 Å². The van der Waals surface area contributed by atoms with Crippen molar-refractivity contribution in [1.82, 2.24) is 24.8 Å². The second-order valence-corrected chi connectivity index (χ2v) is 5.89. The third-order valence-corrected chi connectivity index (χ3v) is 4.62. The highest BCUT2D eigenvalue weighted by Gasteiger charge is 2.22. The van der Waals surface area contributed by atoms with Gasteiger partial charge in [-0.3, -0.25) is 16.0 Å². The maximum absolute atomic E-state index is 6.30. The van der Waals surface area contributed by atoms with Gasteiger partial charge in [-0.1, -0.05) is 29.4 Å². The molecule has 0 saturated carbocycles. The molecule has 0 aliphatic heterocycles. The van der Waals surface area contributed by atoms with E-state index in [2.05, 4.69) is 27.0 Å². The van der Waals surface area contributed by atoms with Crippen molar-refractivity contribution in [3.05, 3.63) is 27.0 Å². The fourth-order valence-corrected chi connectivity index (χ4v) is 3.20. The van der Waals surface area contributed by atoms with Gasteiger partial charge in [0.1, 0.15) is 0 Å². The highest BCUT2D eigenvalue weighted by molar-refractivity contribution is 7.05. The molecule has 3 N–H and O–H groups in total. The fourth-order valence-electron chi connectivity index (χ4n) is 2.21. The minimum absolute atomic E-state index is 0.0520. The average molecular weight is 315 g/mol. The molecule has 2 aromatic rings. The maximum Gasteiger partial charge on any atom is 0.0847 e. The van der Waals surface area contributed by atoms with Crippen LogP contribution in [0.15, 0.2) is 0 Å². The Kier molecular flexibility index (Phi) is 5.09. The Balaban J connectivity index is 2.26. The molecule has 0 bridgehead atoms. The van der Waals surface area contributed by atoms with E-state index in [1.807, 2.05) is 14.0 Å². The van der Waals surface area contributed by atoms with E-state index in [-0.39, 0.29) is 6.04 Å². The Morgan fingerprint density at radius 1 is 1.50 bits per heavy atom. The predicted molar refractivity (Wildman–Crippen MR) is 80.6 cm³/mol. The van der Waals surface area contributed by atoms with Crippen LogP contribution in [-0.4, -0.2) is 19.4 Å². The van der Waals surface area contributed by atoms with Gasteiger partial charge in [-0.25, -0.2) is 0 Å². The number of hydrogen-bond acceptors (Lipinski definition) is 6. The minimum Gasteiger partial charge on any atom is -0.271 e. The van der Waals surface area contributed by atoms with Gasteiger partial charge in [-0.2, -0.15) is 5.10 Å². The number of halogens is 1. The number of hydrazine groups is 1. The van der Waals surface area contributed by atoms with E-state index >= 15 is 0 Å². The van der Waals surface area contributed by atoms with Gasteiger partial charge in [-0.05, 0) is 24.9 Å². The smallest absolute Gasteiger partial charge is 0.0847 e. The van der Waals surface area contributed by atoms with E-state index in [4.69, 9.17) is 17.4 Å². The normalized spacial score (nSPS) is 12.8. The van der Waals surface area contributed by atoms with Gasteiger partial charge in [0.15, 0.2) is 0 Å². The maximum atomic E-state index is 6.30. The highest BCUT2D eigenvalue weighted by Crippen LogP contribution is 2.28. The van der Waals surface area contributed by atoms with Crippen molar-refractivity contribution >= 4 is 23.1 Å². The van der Waals surface area contributed by atoms with Gasteiger partial charge in [-0.15, -0.1) is 5.10 Å². The van der Waals surface area contributed by atoms with Gasteiger partial charge in [0.25, 0.3) is 0 Å². The van der Waals surface area contributed by atoms with Crippen LogP contribution in [0.3, 0.4) is 0 Å². The van der Waals surface area contributed by atoms with Crippen molar-refractivity contribution in [2.45, 2.75) is 39.2 Å². The number of aromatic nitrogens is 4. The first-order valence-electron chi connectivity index (χ1n) is 6.53. The Hall–Kier alpha value is -1.02. The largest absolute Gasteiger partial charge is 0.271 e. The summed E-state index contributed by atoms with van der Waals surface area (Å²) in [6.45, 7) is 4.02. The van der Waals surface area contributed by atoms with Crippen LogP contribution >= 0.6 is 23.1 Å². The lowest BCUT2D eigenvalue weighted by Crippen LogP contribution is -2.30. The van der Waals surface area contributed by atoms with E-state index in [9.17, 15) is 0 Å². The molecule has 0 aliphatic rings. The number of hydrogen-bond donors (Lipinski definition) is 2. The topological polar surface area (TPSA) is 81.7 Å². The number of nitrogens with zero attached hydrogens (tertiary/aromatic N) is 4. The molecule has 0 amide bonds. The lowest BCUT2D eigenvalue weighted by Gasteiger charge is -2.15. The van der Waals surface area contributed by atoms with E-state index in [0.717, 1.165) is 34.8 Å². The zero-order valence-electron chi connectivity index (χ0n) is 11.9. The number of aryl methyl sites for hydroxylation is 3. The standard InChI is InChI=1S/C12H19ClN6S/c1-4-5-8-12(20-18-16-8)9(15-14)6-10-11(13)7(2)17-19(10)3/h9,15H,4-6,14H2,1-3H3. The summed E-state index contributed by atoms with van der Waals surface area (Å²) in [6, 6.07) is -0.0520. The van der Waals surface area contributed by atoms with Gasteiger partial charge >= 0.3 is 0 Å². The van der Waals surface area contributed by atoms with Crippen LogP contribution < -0.4 is 11.3 Å². The second kappa shape index (κ2) is 6.62. The molecule has 0 saturated heterocycles. The highest BCUT2D eigenvalue weighted by atomic mass is 35.5. The molecule has 0 spiro atoms. The van der Waals surface area contributed by atoms with Crippen molar-refractivity contribution in [1.29, 1.82) is 0 Å². The summed E-state index contributed by atoms with van der Waals surface area (Å²) in [5, 5.41) is 9.21. The fraction of sp³-hybridized carbons (Fsp3) is 0.583. The first-order chi connectivity index (χ1) is 9.58. The van der Waals surface area contributed by atoms with Gasteiger partial charge in [0, 0.05) is 13.5 Å². The summed E-state index contributed by atoms with van der Waals surface area (Å²) in [6.07, 6.45) is 2.59. The molecule has 0 aromatic carbocycles. The molecular formula is C12H19ClN6S. The summed E-state index contributed by atoms with van der Waals surface area (Å²) < 4.78 is 5.84. The summed E-state index contributed by atoms with van der Waals surface area (Å²) in [7, 11) is 1.89. The summed E-state index contributed by atoms with van der Waals surface area (Å²) in [4.78, 5) is 1.07. The first kappa shape index (κ1) is 15.4. The van der Waals surface area contributed by atoms with Gasteiger partial charge in [0.05, 0.1) is 33.0 Å². The summed E-state index contributed by atoms with van der Waals surface area (Å²) in [5.41, 5.74) is 5.65. The molecule has 0 fully saturated rings. The summed E-state index contributed by atoms with van der Waals surface area (Å²) >= 11 is 7.68. The third-order valence-electron chi connectivity index (χ3n) is 3.25. The average Bonchev–Trinajstić information content (AvgIpc) is 2.96. The van der Waals surface area contributed by atoms with Crippen molar-refractivity contribution in [2.24, 2.45) is 12.9 Å². The van der Waals surface area contributed by atoms with Crippen LogP contribution in [0.5, 0.6) is 0 Å². The van der Waals surface area contributed by atoms with Crippen LogP contribution in [0.25, 0.3) is 0 Å². The molecule has 1 atom stereocenters. The van der Waals surface area contributed by atoms with Crippen LogP contribution in [-0.2, 0) is 19.9 Å². The molecule has 2 heterocycles. The Morgan fingerprint density at radius 2 is 2.25 bits per heavy atom. The Labute approximate surface area is 127 Å². The molecule has 8 heteroatoms. The van der Waals surface area contributed by atoms with Crippen molar-refractivity contribution in [3.63, 3.8) is 0 Å². The zero-order chi connectivity index (χ0) is 14.7. The van der Waals surface area contributed by atoms with Crippen molar-refractivity contribution < 1.29 is 0 Å². The molecule has 20 heavy (non-hydrogen) atoms. The van der Waals surface area contributed by atoms with Crippen molar-refractivity contribution in [2.75, 3.05) is 0 Å². The lowest BCUT2D eigenvalue weighted by molar-refractivity contribution is 0.532. The minimum atomic E-state index is -0.0520. The second-order valence-electron chi connectivity index (χ2n) is 4.73. The van der Waals surface area contributed by atoms with Gasteiger partial charge < -0.3 is 0 Å². The lowest BCUT2D eigenvalue weighted by atomic mass is 10.1. The number of nitrogens with one attached hydrogen (secondary N) is 1. The monoisotopic (exact) mass is 314 g/mol. The zero-order valence-corrected chi connectivity index (χ0v) is 13.4. The van der Waals surface area contributed by atoms with Crippen LogP contribution in [0.2, 0.25) is 5.02 Å². The molecule has 110 valence electrons. The van der Waals surface area contributed by atoms with Crippen LogP contribution in [0, 0.1) is 6.92 Å². The van der Waals surface area contributed by atoms with E-state index < -0.39 is 0 Å². The van der Waals surface area contributed by atoms with E-state index in [1.165, 1.54) is 11.5 Å². The van der Waals surface area contributed by atoms with E-state index in [1.54, 1.807) is 4.68 Å². The molecule has 0 aliphatic carbocycles. The van der Waals surface area contributed by atoms with Crippen LogP contribution in [0.1, 0.15) is 41.3 Å². The quantitative estimate of drug-likeness (QED) is 0.629. The molecule has 2 aromatic heterocycles. The number of nitrogens with two attached hydrogens (primary N) is 1. The van der Waals surface area contributed by atoms with Crippen molar-refractivity contribution in [3.8, 4) is 0 Å². The Bertz CT molecular complexity index is 579. The summed E-state index contributed by atoms with van der Waals surface area (Å²) in [5.74, 6) is 5.71. The first-order valence-corrected chi connectivity index (χ1v) is 7.68. The SMILES string of the molecule is CCCc1nnsc1C(Cc1c(Cl)c(C)nn1C)NN. The predicted octanol–water partition coefficient (Wildman–Crippen LogP) is 1.93. The number of rotatable bonds is 6. The van der Waals surface area contributed by atoms with Gasteiger partial charge in [0.2, 0.25) is 0 Å².